The van der Waals surface area contributed by atoms with Gasteiger partial charge in [-0.15, -0.1) is 0 Å². The number of para-hydroxylation sites is 1. The second kappa shape index (κ2) is 9.22. The normalized spacial score (nSPS) is 11.2. The fourth-order valence-electron chi connectivity index (χ4n) is 3.30. The van der Waals surface area contributed by atoms with Crippen LogP contribution < -0.4 is 11.0 Å². The number of carbonyl (C=O) groups excluding carboxylic acids is 1. The maximum absolute atomic E-state index is 12.9. The summed E-state index contributed by atoms with van der Waals surface area (Å²) in [7, 11) is 0. The van der Waals surface area contributed by atoms with Crippen molar-refractivity contribution in [3.05, 3.63) is 97.6 Å². The number of nitro groups is 1. The van der Waals surface area contributed by atoms with Crippen LogP contribution in [-0.4, -0.2) is 32.0 Å². The Morgan fingerprint density at radius 1 is 1.21 bits per heavy atom. The molecule has 0 saturated carbocycles. The number of hydrogen-bond acceptors (Lipinski definition) is 8. The molecular weight excluding hydrogens is 428 g/mol. The maximum Gasteiger partial charge on any atom is 0.280 e. The lowest BCUT2D eigenvalue weighted by Crippen LogP contribution is -2.32. The molecule has 33 heavy (non-hydrogen) atoms. The van der Waals surface area contributed by atoms with Gasteiger partial charge in [-0.1, -0.05) is 47.6 Å². The SMILES string of the molecule is Cc1noc2c(Cc3ccccc3)nn(CC(=O)N/N=C\c3ccccc3[N+](=O)[O-])c(=O)c12. The Kier molecular flexibility index (Phi) is 6.02. The molecule has 0 fully saturated rings. The standard InChI is InChI=1S/C22H18N6O5/c1-14-20-21(33-26-14)17(11-15-7-3-2-4-8-15)25-27(22(20)30)13-19(29)24-23-12-16-9-5-6-10-18(16)28(31)32/h2-10,12H,11,13H2,1H3,(H,24,29)/b23-12-. The van der Waals surface area contributed by atoms with Crippen LogP contribution in [0.4, 0.5) is 5.69 Å². The summed E-state index contributed by atoms with van der Waals surface area (Å²) in [5.74, 6) is -0.626. The second-order valence-corrected chi connectivity index (χ2v) is 7.15. The highest BCUT2D eigenvalue weighted by Gasteiger charge is 2.19. The molecule has 4 rings (SSSR count). The zero-order chi connectivity index (χ0) is 23.4. The molecular formula is C22H18N6O5. The van der Waals surface area contributed by atoms with Gasteiger partial charge in [0.2, 0.25) is 0 Å². The Balaban J connectivity index is 1.57. The molecule has 4 aromatic rings. The first-order chi connectivity index (χ1) is 15.9. The van der Waals surface area contributed by atoms with E-state index in [-0.39, 0.29) is 22.2 Å². The zero-order valence-corrected chi connectivity index (χ0v) is 17.5. The maximum atomic E-state index is 12.9. The minimum Gasteiger partial charge on any atom is -0.354 e. The van der Waals surface area contributed by atoms with Gasteiger partial charge >= 0.3 is 0 Å². The van der Waals surface area contributed by atoms with Gasteiger partial charge in [0.1, 0.15) is 17.6 Å². The van der Waals surface area contributed by atoms with Gasteiger partial charge in [-0.25, -0.2) is 10.1 Å². The van der Waals surface area contributed by atoms with Gasteiger partial charge in [-0.2, -0.15) is 10.2 Å². The molecule has 2 aromatic heterocycles. The number of aryl methyl sites for hydroxylation is 1. The molecule has 0 radical (unpaired) electrons. The van der Waals surface area contributed by atoms with Crippen LogP contribution in [0.15, 0.2) is 69.0 Å². The quantitative estimate of drug-likeness (QED) is 0.260. The van der Waals surface area contributed by atoms with Crippen LogP contribution >= 0.6 is 0 Å². The first kappa shape index (κ1) is 21.6. The van der Waals surface area contributed by atoms with Gasteiger partial charge in [0.15, 0.2) is 5.58 Å². The third kappa shape index (κ3) is 4.66. The monoisotopic (exact) mass is 446 g/mol. The molecule has 0 aliphatic rings. The Hall–Kier alpha value is -4.67. The smallest absolute Gasteiger partial charge is 0.280 e. The number of aromatic nitrogens is 3. The molecule has 1 N–H and O–H groups in total. The molecule has 0 unspecified atom stereocenters. The average molecular weight is 446 g/mol. The molecule has 11 heteroatoms. The molecule has 11 nitrogen and oxygen atoms in total. The molecule has 0 atom stereocenters. The van der Waals surface area contributed by atoms with Gasteiger partial charge in [-0.05, 0) is 18.6 Å². The summed E-state index contributed by atoms with van der Waals surface area (Å²) in [5.41, 5.74) is 3.93. The molecule has 0 spiro atoms. The minimum absolute atomic E-state index is 0.146. The van der Waals surface area contributed by atoms with E-state index < -0.39 is 22.9 Å². The van der Waals surface area contributed by atoms with Crippen LogP contribution in [0.1, 0.15) is 22.5 Å². The number of amides is 1. The first-order valence-electron chi connectivity index (χ1n) is 9.89. The van der Waals surface area contributed by atoms with E-state index in [0.717, 1.165) is 10.2 Å². The number of nitrogens with one attached hydrogen (secondary N) is 1. The summed E-state index contributed by atoms with van der Waals surface area (Å²) in [6, 6.07) is 15.5. The summed E-state index contributed by atoms with van der Waals surface area (Å²) in [6.45, 7) is 1.23. The fraction of sp³-hybridized carbons (Fsp3) is 0.136. The van der Waals surface area contributed by atoms with Crippen LogP contribution in [0.3, 0.4) is 0 Å². The lowest BCUT2D eigenvalue weighted by molar-refractivity contribution is -0.385. The zero-order valence-electron chi connectivity index (χ0n) is 17.5. The van der Waals surface area contributed by atoms with Crippen LogP contribution in [0, 0.1) is 17.0 Å². The second-order valence-electron chi connectivity index (χ2n) is 7.15. The van der Waals surface area contributed by atoms with Crippen molar-refractivity contribution in [1.29, 1.82) is 0 Å². The highest BCUT2D eigenvalue weighted by molar-refractivity contribution is 5.86. The number of hydrogen-bond donors (Lipinski definition) is 1. The summed E-state index contributed by atoms with van der Waals surface area (Å²) < 4.78 is 6.36. The lowest BCUT2D eigenvalue weighted by atomic mass is 10.1. The Morgan fingerprint density at radius 3 is 2.70 bits per heavy atom. The Labute approximate surface area is 186 Å². The van der Waals surface area contributed by atoms with Crippen molar-refractivity contribution in [1.82, 2.24) is 20.4 Å². The van der Waals surface area contributed by atoms with Gasteiger partial charge in [0.25, 0.3) is 17.2 Å². The van der Waals surface area contributed by atoms with Crippen molar-refractivity contribution in [2.24, 2.45) is 5.10 Å². The number of fused-ring (bicyclic) bond motifs is 1. The van der Waals surface area contributed by atoms with E-state index >= 15 is 0 Å². The minimum atomic E-state index is -0.626. The molecule has 166 valence electrons. The van der Waals surface area contributed by atoms with Crippen molar-refractivity contribution in [3.8, 4) is 0 Å². The highest BCUT2D eigenvalue weighted by Crippen LogP contribution is 2.19. The molecule has 0 bridgehead atoms. The van der Waals surface area contributed by atoms with Gasteiger partial charge in [-0.3, -0.25) is 19.7 Å². The largest absolute Gasteiger partial charge is 0.354 e. The molecule has 2 heterocycles. The topological polar surface area (TPSA) is 146 Å². The Morgan fingerprint density at radius 2 is 1.94 bits per heavy atom. The van der Waals surface area contributed by atoms with E-state index in [1.165, 1.54) is 24.4 Å². The molecule has 1 amide bonds. The number of nitrogens with zero attached hydrogens (tertiary/aromatic N) is 5. The number of nitro benzene ring substituents is 1. The van der Waals surface area contributed by atoms with Crippen LogP contribution in [0.5, 0.6) is 0 Å². The van der Waals surface area contributed by atoms with Gasteiger partial charge in [0, 0.05) is 12.5 Å². The van der Waals surface area contributed by atoms with Crippen LogP contribution in [-0.2, 0) is 17.8 Å². The van der Waals surface area contributed by atoms with Crippen molar-refractivity contribution in [2.75, 3.05) is 0 Å². The molecule has 2 aromatic carbocycles. The lowest BCUT2D eigenvalue weighted by Gasteiger charge is -2.07. The molecule has 0 aliphatic heterocycles. The number of hydrazone groups is 1. The summed E-state index contributed by atoms with van der Waals surface area (Å²) in [4.78, 5) is 35.8. The molecule has 0 saturated heterocycles. The van der Waals surface area contributed by atoms with E-state index in [9.17, 15) is 19.7 Å². The summed E-state index contributed by atoms with van der Waals surface area (Å²) in [6.07, 6.45) is 1.55. The molecule has 0 aliphatic carbocycles. The van der Waals surface area contributed by atoms with E-state index in [1.54, 1.807) is 13.0 Å². The average Bonchev–Trinajstić information content (AvgIpc) is 3.20. The van der Waals surface area contributed by atoms with E-state index in [2.05, 4.69) is 20.8 Å². The predicted molar refractivity (Wildman–Crippen MR) is 119 cm³/mol. The van der Waals surface area contributed by atoms with Crippen molar-refractivity contribution >= 4 is 28.8 Å². The third-order valence-corrected chi connectivity index (χ3v) is 4.85. The summed E-state index contributed by atoms with van der Waals surface area (Å²) >= 11 is 0. The van der Waals surface area contributed by atoms with Crippen molar-refractivity contribution in [2.45, 2.75) is 19.9 Å². The number of rotatable bonds is 7. The van der Waals surface area contributed by atoms with E-state index in [4.69, 9.17) is 4.52 Å². The Bertz CT molecular complexity index is 1420. The number of benzene rings is 2. The van der Waals surface area contributed by atoms with Crippen molar-refractivity contribution < 1.29 is 14.2 Å². The van der Waals surface area contributed by atoms with Gasteiger partial charge < -0.3 is 4.52 Å². The first-order valence-corrected chi connectivity index (χ1v) is 9.89. The third-order valence-electron chi connectivity index (χ3n) is 4.85. The summed E-state index contributed by atoms with van der Waals surface area (Å²) in [5, 5.41) is 23.3. The van der Waals surface area contributed by atoms with E-state index in [0.29, 0.717) is 17.8 Å². The fourth-order valence-corrected chi connectivity index (χ4v) is 3.30. The number of carbonyl (C=O) groups is 1. The predicted octanol–water partition coefficient (Wildman–Crippen LogP) is 2.34. The van der Waals surface area contributed by atoms with Crippen LogP contribution in [0.2, 0.25) is 0 Å². The highest BCUT2D eigenvalue weighted by atomic mass is 16.6. The van der Waals surface area contributed by atoms with Crippen molar-refractivity contribution in [3.63, 3.8) is 0 Å². The van der Waals surface area contributed by atoms with Gasteiger partial charge in [0.05, 0.1) is 22.4 Å². The van der Waals surface area contributed by atoms with Crippen LogP contribution in [0.25, 0.3) is 11.0 Å². The van der Waals surface area contributed by atoms with E-state index in [1.807, 2.05) is 30.3 Å².